The van der Waals surface area contributed by atoms with Crippen LogP contribution in [0.5, 0.6) is 0 Å². The monoisotopic (exact) mass is 297 g/mol. The maximum absolute atomic E-state index is 9.72. The average molecular weight is 298 g/mol. The fourth-order valence-corrected chi connectivity index (χ4v) is 2.68. The molecule has 0 radical (unpaired) electrons. The third-order valence-corrected chi connectivity index (χ3v) is 3.92. The molecule has 0 saturated carbocycles. The summed E-state index contributed by atoms with van der Waals surface area (Å²) in [6.07, 6.45) is 0.903. The first-order valence-electron chi connectivity index (χ1n) is 6.12. The summed E-state index contributed by atoms with van der Waals surface area (Å²) in [4.78, 5) is 4.97. The van der Waals surface area contributed by atoms with Crippen LogP contribution in [0, 0.1) is 0 Å². The number of hydrogen-bond acceptors (Lipinski definition) is 4. The topological polar surface area (TPSA) is 50.4 Å². The fourth-order valence-electron chi connectivity index (χ4n) is 1.62. The SMILES string of the molecule is CCCC(O)/N=c1\sc(-c2ccc(Cl)cc2)nn1C. The molecular formula is C13H16ClN3OS. The van der Waals surface area contributed by atoms with Crippen LogP contribution in [0.2, 0.25) is 5.02 Å². The molecule has 0 aliphatic rings. The van der Waals surface area contributed by atoms with E-state index in [2.05, 4.69) is 10.1 Å². The molecule has 19 heavy (non-hydrogen) atoms. The van der Waals surface area contributed by atoms with Crippen molar-refractivity contribution in [2.24, 2.45) is 12.0 Å². The van der Waals surface area contributed by atoms with Crippen molar-refractivity contribution in [3.05, 3.63) is 34.1 Å². The molecule has 0 aliphatic carbocycles. The molecule has 0 saturated heterocycles. The van der Waals surface area contributed by atoms with Crippen LogP contribution in [-0.4, -0.2) is 21.1 Å². The number of nitrogens with zero attached hydrogens (tertiary/aromatic N) is 3. The van der Waals surface area contributed by atoms with Gasteiger partial charge >= 0.3 is 0 Å². The van der Waals surface area contributed by atoms with E-state index in [1.54, 1.807) is 4.68 Å². The molecule has 1 atom stereocenters. The Bertz CT molecular complexity index is 603. The van der Waals surface area contributed by atoms with E-state index in [0.29, 0.717) is 16.2 Å². The van der Waals surface area contributed by atoms with Gasteiger partial charge in [-0.15, -0.1) is 0 Å². The van der Waals surface area contributed by atoms with Gasteiger partial charge in [0.2, 0.25) is 4.80 Å². The zero-order valence-electron chi connectivity index (χ0n) is 10.9. The van der Waals surface area contributed by atoms with Gasteiger partial charge < -0.3 is 5.11 Å². The number of hydrogen-bond donors (Lipinski definition) is 1. The van der Waals surface area contributed by atoms with Gasteiger partial charge in [0.25, 0.3) is 0 Å². The molecule has 2 rings (SSSR count). The zero-order chi connectivity index (χ0) is 13.8. The van der Waals surface area contributed by atoms with Gasteiger partial charge in [0, 0.05) is 17.6 Å². The van der Waals surface area contributed by atoms with Crippen molar-refractivity contribution in [3.8, 4) is 10.6 Å². The van der Waals surface area contributed by atoms with Gasteiger partial charge in [-0.25, -0.2) is 9.67 Å². The lowest BCUT2D eigenvalue weighted by Crippen LogP contribution is -2.16. The van der Waals surface area contributed by atoms with E-state index in [9.17, 15) is 5.11 Å². The second kappa shape index (κ2) is 6.32. The summed E-state index contributed by atoms with van der Waals surface area (Å²) in [5.74, 6) is 0. The van der Waals surface area contributed by atoms with Crippen molar-refractivity contribution in [1.82, 2.24) is 9.78 Å². The van der Waals surface area contributed by atoms with Crippen LogP contribution in [0.25, 0.3) is 10.6 Å². The Morgan fingerprint density at radius 1 is 1.42 bits per heavy atom. The number of benzene rings is 1. The highest BCUT2D eigenvalue weighted by Gasteiger charge is 2.06. The predicted octanol–water partition coefficient (Wildman–Crippen LogP) is 2.82. The summed E-state index contributed by atoms with van der Waals surface area (Å²) in [5.41, 5.74) is 0.997. The Kier molecular flexibility index (Phi) is 4.74. The lowest BCUT2D eigenvalue weighted by atomic mass is 10.2. The van der Waals surface area contributed by atoms with E-state index in [4.69, 9.17) is 11.6 Å². The molecule has 1 heterocycles. The number of aromatic nitrogens is 2. The van der Waals surface area contributed by atoms with E-state index in [1.807, 2.05) is 38.2 Å². The van der Waals surface area contributed by atoms with E-state index in [0.717, 1.165) is 17.0 Å². The van der Waals surface area contributed by atoms with Gasteiger partial charge in [-0.1, -0.05) is 48.4 Å². The first-order chi connectivity index (χ1) is 9.10. The van der Waals surface area contributed by atoms with Crippen LogP contribution in [-0.2, 0) is 7.05 Å². The van der Waals surface area contributed by atoms with Gasteiger partial charge in [-0.2, -0.15) is 5.10 Å². The molecular weight excluding hydrogens is 282 g/mol. The molecule has 0 fully saturated rings. The normalized spacial score (nSPS) is 13.8. The van der Waals surface area contributed by atoms with Crippen LogP contribution < -0.4 is 4.80 Å². The fraction of sp³-hybridized carbons (Fsp3) is 0.385. The lowest BCUT2D eigenvalue weighted by molar-refractivity contribution is 0.168. The van der Waals surface area contributed by atoms with Crippen LogP contribution >= 0.6 is 22.9 Å². The van der Waals surface area contributed by atoms with E-state index < -0.39 is 6.23 Å². The highest BCUT2D eigenvalue weighted by molar-refractivity contribution is 7.12. The molecule has 0 aliphatic heterocycles. The third kappa shape index (κ3) is 3.65. The summed E-state index contributed by atoms with van der Waals surface area (Å²) in [6.45, 7) is 2.02. The number of rotatable bonds is 4. The maximum Gasteiger partial charge on any atom is 0.205 e. The van der Waals surface area contributed by atoms with Crippen molar-refractivity contribution in [3.63, 3.8) is 0 Å². The Hall–Kier alpha value is -1.17. The van der Waals surface area contributed by atoms with E-state index in [-0.39, 0.29) is 0 Å². The van der Waals surface area contributed by atoms with Crippen molar-refractivity contribution in [2.75, 3.05) is 0 Å². The Labute approximate surface area is 121 Å². The largest absolute Gasteiger partial charge is 0.372 e. The summed E-state index contributed by atoms with van der Waals surface area (Å²) >= 11 is 7.32. The molecule has 0 amide bonds. The van der Waals surface area contributed by atoms with Crippen LogP contribution in [0.4, 0.5) is 0 Å². The molecule has 1 N–H and O–H groups in total. The Morgan fingerprint density at radius 3 is 2.74 bits per heavy atom. The smallest absolute Gasteiger partial charge is 0.205 e. The van der Waals surface area contributed by atoms with E-state index in [1.165, 1.54) is 11.3 Å². The molecule has 2 aromatic rings. The third-order valence-electron chi connectivity index (χ3n) is 2.60. The van der Waals surface area contributed by atoms with Crippen LogP contribution in [0.3, 0.4) is 0 Å². The Morgan fingerprint density at radius 2 is 2.11 bits per heavy atom. The molecule has 6 heteroatoms. The van der Waals surface area contributed by atoms with Gasteiger partial charge in [-0.3, -0.25) is 0 Å². The summed E-state index contributed by atoms with van der Waals surface area (Å²) in [7, 11) is 1.83. The van der Waals surface area contributed by atoms with E-state index >= 15 is 0 Å². The minimum Gasteiger partial charge on any atom is -0.372 e. The van der Waals surface area contributed by atoms with Gasteiger partial charge in [-0.05, 0) is 18.6 Å². The highest BCUT2D eigenvalue weighted by Crippen LogP contribution is 2.21. The van der Waals surface area contributed by atoms with Crippen molar-refractivity contribution < 1.29 is 5.11 Å². The van der Waals surface area contributed by atoms with Crippen LogP contribution in [0.15, 0.2) is 29.3 Å². The average Bonchev–Trinajstić information content (AvgIpc) is 2.72. The summed E-state index contributed by atoms with van der Waals surface area (Å²) < 4.78 is 1.69. The molecule has 1 aromatic carbocycles. The first kappa shape index (κ1) is 14.2. The molecule has 0 spiro atoms. The zero-order valence-corrected chi connectivity index (χ0v) is 12.4. The number of aliphatic hydroxyl groups is 1. The van der Waals surface area contributed by atoms with Crippen molar-refractivity contribution >= 4 is 22.9 Å². The lowest BCUT2D eigenvalue weighted by Gasteiger charge is -2.00. The summed E-state index contributed by atoms with van der Waals surface area (Å²) in [6, 6.07) is 7.52. The van der Waals surface area contributed by atoms with Crippen molar-refractivity contribution in [1.29, 1.82) is 0 Å². The second-order valence-corrected chi connectivity index (χ2v) is 5.61. The minimum absolute atomic E-state index is 0.658. The first-order valence-corrected chi connectivity index (χ1v) is 7.31. The second-order valence-electron chi connectivity index (χ2n) is 4.22. The minimum atomic E-state index is -0.658. The molecule has 0 bridgehead atoms. The maximum atomic E-state index is 9.72. The molecule has 1 aromatic heterocycles. The van der Waals surface area contributed by atoms with Gasteiger partial charge in [0.1, 0.15) is 11.2 Å². The quantitative estimate of drug-likeness (QED) is 0.943. The summed E-state index contributed by atoms with van der Waals surface area (Å²) in [5, 5.41) is 15.7. The molecule has 1 unspecified atom stereocenters. The molecule has 4 nitrogen and oxygen atoms in total. The highest BCUT2D eigenvalue weighted by atomic mass is 35.5. The molecule has 102 valence electrons. The van der Waals surface area contributed by atoms with Crippen LogP contribution in [0.1, 0.15) is 19.8 Å². The standard InChI is InChI=1S/C13H16ClN3OS/c1-3-4-11(18)15-13-17(2)16-12(19-13)9-5-7-10(14)8-6-9/h5-8,11,18H,3-4H2,1-2H3/b15-13-. The number of aryl methyl sites for hydroxylation is 1. The number of aliphatic hydroxyl groups excluding tert-OH is 1. The van der Waals surface area contributed by atoms with Gasteiger partial charge in [0.05, 0.1) is 0 Å². The Balaban J connectivity index is 2.33. The number of halogens is 1. The van der Waals surface area contributed by atoms with Crippen molar-refractivity contribution in [2.45, 2.75) is 26.0 Å². The predicted molar refractivity (Wildman–Crippen MR) is 78.0 cm³/mol. The van der Waals surface area contributed by atoms with Gasteiger partial charge in [0.15, 0.2) is 0 Å².